The van der Waals surface area contributed by atoms with Crippen LogP contribution in [0.25, 0.3) is 11.3 Å². The number of aryl methyl sites for hydroxylation is 1. The van der Waals surface area contributed by atoms with E-state index in [4.69, 9.17) is 0 Å². The van der Waals surface area contributed by atoms with Crippen LogP contribution in [-0.2, 0) is 18.4 Å². The Kier molecular flexibility index (Phi) is 7.62. The Morgan fingerprint density at radius 1 is 1.00 bits per heavy atom. The van der Waals surface area contributed by atoms with Crippen molar-refractivity contribution in [3.05, 3.63) is 81.6 Å². The summed E-state index contributed by atoms with van der Waals surface area (Å²) >= 11 is 0. The molecule has 0 unspecified atom stereocenters. The maximum atomic E-state index is 15.3. The van der Waals surface area contributed by atoms with Crippen molar-refractivity contribution in [2.45, 2.75) is 32.3 Å². The molecule has 4 aliphatic rings. The number of hydrogen-bond donors (Lipinski definition) is 2. The van der Waals surface area contributed by atoms with Crippen molar-refractivity contribution in [2.75, 3.05) is 61.4 Å². The van der Waals surface area contributed by atoms with Gasteiger partial charge in [0.15, 0.2) is 5.82 Å². The summed E-state index contributed by atoms with van der Waals surface area (Å²) in [7, 11) is 3.71. The van der Waals surface area contributed by atoms with Crippen LogP contribution in [-0.4, -0.2) is 81.5 Å². The Morgan fingerprint density at radius 3 is 2.56 bits per heavy atom. The number of likely N-dealkylation sites (N-methyl/N-ethyl adjacent to an activating group) is 1. The molecule has 2 aromatic heterocycles. The second-order valence-electron chi connectivity index (χ2n) is 12.1. The van der Waals surface area contributed by atoms with E-state index in [2.05, 4.69) is 37.0 Å². The van der Waals surface area contributed by atoms with Gasteiger partial charge in [0.2, 0.25) is 5.78 Å². The summed E-state index contributed by atoms with van der Waals surface area (Å²) in [6.07, 6.45) is 8.76. The number of rotatable bonds is 6. The molecular weight excluding hydrogens is 575 g/mol. The first-order chi connectivity index (χ1) is 21.8. The first-order valence-corrected chi connectivity index (χ1v) is 15.5. The zero-order valence-electron chi connectivity index (χ0n) is 25.6. The second-order valence-corrected chi connectivity index (χ2v) is 12.1. The summed E-state index contributed by atoms with van der Waals surface area (Å²) in [6.45, 7) is 4.46. The second kappa shape index (κ2) is 11.8. The first-order valence-electron chi connectivity index (χ1n) is 15.5. The molecule has 11 nitrogen and oxygen atoms in total. The molecule has 1 fully saturated rings. The molecule has 3 aliphatic heterocycles. The standard InChI is InChI=1S/C33H37FN8O3/c1-38-9-11-40(12-10-38)30-8-7-22(17-35-30)36-32-33(45)39(2)18-26(37-32)24-15-21(34)16-28(25(24)20-43)41-13-14-42-27-6-4-3-5-23(27)31(44)29(42)19-41/h7-8,15-19,43H,3-6,9-14,20H2,1-2H3,(H,36,37). The number of fused-ring (bicyclic) bond motifs is 2. The minimum Gasteiger partial charge on any atom is -0.392 e. The Labute approximate surface area is 260 Å². The number of nitrogens with one attached hydrogen (secondary N) is 1. The van der Waals surface area contributed by atoms with Gasteiger partial charge in [0.25, 0.3) is 5.56 Å². The SMILES string of the molecule is CN1CCN(c2ccc(Nc3nc(-c4cc(F)cc(N5C=C6C(=O)C7=C(CCCC7)N6CC5)c4CO)cn(C)c3=O)cn2)CC1. The molecule has 3 aromatic rings. The molecule has 45 heavy (non-hydrogen) atoms. The largest absolute Gasteiger partial charge is 0.392 e. The fourth-order valence-electron chi connectivity index (χ4n) is 6.76. The number of aromatic nitrogens is 3. The van der Waals surface area contributed by atoms with Crippen LogP contribution in [0.4, 0.5) is 27.4 Å². The third-order valence-corrected chi connectivity index (χ3v) is 9.25. The lowest BCUT2D eigenvalue weighted by Gasteiger charge is -2.35. The number of carbonyl (C=O) groups excluding carboxylic acids is 1. The molecule has 234 valence electrons. The number of piperazine rings is 1. The molecule has 0 bridgehead atoms. The molecule has 5 heterocycles. The van der Waals surface area contributed by atoms with Gasteiger partial charge in [0.1, 0.15) is 17.3 Å². The van der Waals surface area contributed by atoms with Gasteiger partial charge >= 0.3 is 0 Å². The van der Waals surface area contributed by atoms with Crippen molar-refractivity contribution in [3.8, 4) is 11.3 Å². The minimum absolute atomic E-state index is 0.0399. The van der Waals surface area contributed by atoms with E-state index >= 15 is 4.39 Å². The molecule has 0 saturated carbocycles. The van der Waals surface area contributed by atoms with Gasteiger partial charge < -0.3 is 34.6 Å². The molecule has 1 aliphatic carbocycles. The maximum Gasteiger partial charge on any atom is 0.293 e. The number of aliphatic hydroxyl groups is 1. The molecule has 0 amide bonds. The molecule has 0 radical (unpaired) electrons. The number of anilines is 4. The summed E-state index contributed by atoms with van der Waals surface area (Å²) in [5.41, 5.74) is 4.47. The highest BCUT2D eigenvalue weighted by atomic mass is 19.1. The summed E-state index contributed by atoms with van der Waals surface area (Å²) < 4.78 is 16.7. The lowest BCUT2D eigenvalue weighted by molar-refractivity contribution is -0.112. The minimum atomic E-state index is -0.512. The normalized spacial score (nSPS) is 18.7. The maximum absolute atomic E-state index is 15.3. The number of aliphatic hydroxyl groups excluding tert-OH is 1. The van der Waals surface area contributed by atoms with Gasteiger partial charge in [-0.05, 0) is 57.0 Å². The van der Waals surface area contributed by atoms with Crippen LogP contribution in [0.1, 0.15) is 31.2 Å². The van der Waals surface area contributed by atoms with Gasteiger partial charge in [0, 0.05) is 86.8 Å². The summed E-state index contributed by atoms with van der Waals surface area (Å²) in [4.78, 5) is 44.0. The Hall–Kier alpha value is -4.55. The number of ketones is 1. The van der Waals surface area contributed by atoms with E-state index in [0.717, 1.165) is 69.0 Å². The third-order valence-electron chi connectivity index (χ3n) is 9.25. The summed E-state index contributed by atoms with van der Waals surface area (Å²) in [6, 6.07) is 6.48. The zero-order chi connectivity index (χ0) is 31.2. The molecule has 7 rings (SSSR count). The number of hydrogen-bond acceptors (Lipinski definition) is 10. The average Bonchev–Trinajstić information content (AvgIpc) is 3.34. The van der Waals surface area contributed by atoms with E-state index in [1.54, 1.807) is 19.4 Å². The van der Waals surface area contributed by atoms with Gasteiger partial charge in [-0.1, -0.05) is 0 Å². The van der Waals surface area contributed by atoms with Crippen LogP contribution < -0.4 is 20.7 Å². The van der Waals surface area contributed by atoms with E-state index in [1.165, 1.54) is 22.9 Å². The predicted octanol–water partition coefficient (Wildman–Crippen LogP) is 3.34. The van der Waals surface area contributed by atoms with Gasteiger partial charge in [-0.15, -0.1) is 0 Å². The van der Waals surface area contributed by atoms with Crippen molar-refractivity contribution in [1.29, 1.82) is 0 Å². The molecule has 1 aromatic carbocycles. The first kappa shape index (κ1) is 29.2. The molecule has 0 atom stereocenters. The van der Waals surface area contributed by atoms with Crippen molar-refractivity contribution >= 4 is 28.8 Å². The van der Waals surface area contributed by atoms with Crippen LogP contribution in [0.2, 0.25) is 0 Å². The smallest absolute Gasteiger partial charge is 0.293 e. The lowest BCUT2D eigenvalue weighted by atomic mass is 9.96. The molecule has 2 N–H and O–H groups in total. The quantitative estimate of drug-likeness (QED) is 0.430. The highest BCUT2D eigenvalue weighted by Gasteiger charge is 2.38. The van der Waals surface area contributed by atoms with E-state index in [0.29, 0.717) is 47.0 Å². The van der Waals surface area contributed by atoms with Crippen LogP contribution in [0.3, 0.4) is 0 Å². The average molecular weight is 613 g/mol. The Morgan fingerprint density at radius 2 is 1.80 bits per heavy atom. The number of Topliss-reactive ketones (excluding diaryl/α,β-unsaturated/α-hetero) is 1. The van der Waals surface area contributed by atoms with Gasteiger partial charge in [-0.3, -0.25) is 9.59 Å². The van der Waals surface area contributed by atoms with Crippen LogP contribution in [0.15, 0.2) is 64.6 Å². The number of carbonyl (C=O) groups is 1. The predicted molar refractivity (Wildman–Crippen MR) is 171 cm³/mol. The van der Waals surface area contributed by atoms with Crippen molar-refractivity contribution < 1.29 is 14.3 Å². The van der Waals surface area contributed by atoms with Crippen LogP contribution in [0.5, 0.6) is 0 Å². The van der Waals surface area contributed by atoms with Crippen LogP contribution >= 0.6 is 0 Å². The highest BCUT2D eigenvalue weighted by molar-refractivity contribution is 6.11. The number of allylic oxidation sites excluding steroid dienone is 2. The van der Waals surface area contributed by atoms with Crippen molar-refractivity contribution in [2.24, 2.45) is 7.05 Å². The number of benzene rings is 1. The Bertz CT molecular complexity index is 1780. The Balaban J connectivity index is 1.19. The lowest BCUT2D eigenvalue weighted by Crippen LogP contribution is -2.44. The van der Waals surface area contributed by atoms with E-state index in [1.807, 2.05) is 17.0 Å². The van der Waals surface area contributed by atoms with E-state index < -0.39 is 5.82 Å². The molecule has 12 heteroatoms. The third kappa shape index (κ3) is 5.38. The zero-order valence-corrected chi connectivity index (χ0v) is 25.6. The molecular formula is C33H37FN8O3. The van der Waals surface area contributed by atoms with E-state index in [-0.39, 0.29) is 23.8 Å². The van der Waals surface area contributed by atoms with Gasteiger partial charge in [-0.2, -0.15) is 0 Å². The molecule has 1 saturated heterocycles. The summed E-state index contributed by atoms with van der Waals surface area (Å²) in [5.74, 6) is 0.456. The van der Waals surface area contributed by atoms with Crippen molar-refractivity contribution in [3.63, 3.8) is 0 Å². The highest BCUT2D eigenvalue weighted by Crippen LogP contribution is 2.41. The fraction of sp³-hybridized carbons (Fsp3) is 0.394. The number of nitrogens with zero attached hydrogens (tertiary/aromatic N) is 7. The van der Waals surface area contributed by atoms with E-state index in [9.17, 15) is 14.7 Å². The number of pyridine rings is 1. The van der Waals surface area contributed by atoms with Gasteiger partial charge in [0.05, 0.1) is 24.2 Å². The number of halogens is 1. The monoisotopic (exact) mass is 612 g/mol. The topological polar surface area (TPSA) is 110 Å². The fourth-order valence-corrected chi connectivity index (χ4v) is 6.76. The van der Waals surface area contributed by atoms with Crippen LogP contribution in [0, 0.1) is 5.82 Å². The molecule has 0 spiro atoms. The van der Waals surface area contributed by atoms with Crippen molar-refractivity contribution in [1.82, 2.24) is 24.3 Å². The van der Waals surface area contributed by atoms with Gasteiger partial charge in [-0.25, -0.2) is 14.4 Å². The summed E-state index contributed by atoms with van der Waals surface area (Å²) in [5, 5.41) is 13.7.